The van der Waals surface area contributed by atoms with E-state index in [1.807, 2.05) is 33.3 Å². The molecule has 0 aliphatic heterocycles. The molecule has 0 heterocycles. The topological polar surface area (TPSA) is 114 Å². The molecule has 0 aromatic rings. The Morgan fingerprint density at radius 2 is 0.914 bits per heavy atom. The van der Waals surface area contributed by atoms with Gasteiger partial charge >= 0.3 is 5.97 Å². The molecule has 3 atom stereocenters. The quantitative estimate of drug-likeness (QED) is 0.0212. The lowest BCUT2D eigenvalue weighted by Gasteiger charge is -2.30. The van der Waals surface area contributed by atoms with Crippen LogP contribution in [0.4, 0.5) is 0 Å². The lowest BCUT2D eigenvalue weighted by Crippen LogP contribution is -2.47. The van der Waals surface area contributed by atoms with Crippen molar-refractivity contribution in [3.8, 4) is 0 Å². The SMILES string of the molecule is CC/C=C/C/C=C/CCCCCCCCCC(=O)NC(COP(=O)([O-])OCC[N+](C)(C)C)C(/C=C/CCCCCCCCCCCCC)OC(=O)CCCCCC/C=C\C/C=C\C/C=C\CCCCC. The highest BCUT2D eigenvalue weighted by Crippen LogP contribution is 2.38. The van der Waals surface area contributed by atoms with Crippen molar-refractivity contribution in [2.75, 3.05) is 40.9 Å². The van der Waals surface area contributed by atoms with Crippen LogP contribution in [0.1, 0.15) is 245 Å². The highest BCUT2D eigenvalue weighted by molar-refractivity contribution is 7.45. The molecule has 0 spiro atoms. The molecule has 0 bridgehead atoms. The Kier molecular flexibility index (Phi) is 48.2. The number of ether oxygens (including phenoxy) is 1. The Hall–Kier alpha value is -2.55. The Labute approximate surface area is 432 Å². The van der Waals surface area contributed by atoms with Gasteiger partial charge in [-0.25, -0.2) is 0 Å². The maximum atomic E-state index is 13.5. The van der Waals surface area contributed by atoms with Gasteiger partial charge in [-0.3, -0.25) is 14.2 Å². The van der Waals surface area contributed by atoms with Crippen LogP contribution < -0.4 is 10.2 Å². The van der Waals surface area contributed by atoms with Crippen molar-refractivity contribution in [2.45, 2.75) is 258 Å². The number of amides is 1. The first-order chi connectivity index (χ1) is 33.9. The Balaban J connectivity index is 5.42. The fraction of sp³-hybridized carbons (Fsp3) is 0.767. The van der Waals surface area contributed by atoms with Gasteiger partial charge in [0, 0.05) is 12.8 Å². The predicted octanol–water partition coefficient (Wildman–Crippen LogP) is 16.6. The van der Waals surface area contributed by atoms with E-state index in [1.54, 1.807) is 0 Å². The molecule has 70 heavy (non-hydrogen) atoms. The first kappa shape index (κ1) is 67.5. The maximum Gasteiger partial charge on any atom is 0.306 e. The van der Waals surface area contributed by atoms with E-state index in [0.29, 0.717) is 23.9 Å². The van der Waals surface area contributed by atoms with E-state index < -0.39 is 26.6 Å². The molecule has 3 unspecified atom stereocenters. The van der Waals surface area contributed by atoms with Gasteiger partial charge in [-0.05, 0) is 96.0 Å². The molecule has 0 saturated heterocycles. The van der Waals surface area contributed by atoms with Gasteiger partial charge in [0.15, 0.2) is 0 Å². The van der Waals surface area contributed by atoms with Gasteiger partial charge in [0.05, 0.1) is 33.8 Å². The second kappa shape index (κ2) is 50.0. The van der Waals surface area contributed by atoms with Crippen LogP contribution in [0.2, 0.25) is 0 Å². The molecule has 1 amide bonds. The number of quaternary nitrogens is 1. The van der Waals surface area contributed by atoms with E-state index in [-0.39, 0.29) is 24.9 Å². The molecule has 0 rings (SSSR count). The number of nitrogens with one attached hydrogen (secondary N) is 1. The van der Waals surface area contributed by atoms with Crippen LogP contribution in [0.3, 0.4) is 0 Å². The van der Waals surface area contributed by atoms with Crippen molar-refractivity contribution >= 4 is 19.7 Å². The van der Waals surface area contributed by atoms with E-state index >= 15 is 0 Å². The highest BCUT2D eigenvalue weighted by atomic mass is 31.2. The standard InChI is InChI=1S/C60H109N2O7P/c1-7-10-13-16-19-22-25-28-30-31-32-35-38-41-44-47-50-53-60(64)69-58(51-48-45-42-39-36-33-27-24-21-18-15-12-9-3)57(56-68-70(65,66)67-55-54-62(4,5)6)61-59(63)52-49-46-43-40-37-34-29-26-23-20-17-14-11-8-2/h11,14,19-20,22-23,28,30,32,35,48,51,57-58H,7-10,12-13,15-18,21,24-27,29,31,33-34,36-47,49-50,52-56H2,1-6H3,(H-,61,63,65,66)/b14-11+,22-19-,23-20+,30-28-,35-32-,51-48+. The monoisotopic (exact) mass is 1000 g/mol. The lowest BCUT2D eigenvalue weighted by atomic mass is 10.0. The number of carbonyl (C=O) groups excluding carboxylic acids is 2. The summed E-state index contributed by atoms with van der Waals surface area (Å²) in [5.41, 5.74) is 0. The summed E-state index contributed by atoms with van der Waals surface area (Å²) in [6.45, 7) is 6.68. The minimum absolute atomic E-state index is 0.0302. The minimum Gasteiger partial charge on any atom is -0.756 e. The van der Waals surface area contributed by atoms with E-state index in [4.69, 9.17) is 13.8 Å². The number of allylic oxidation sites excluding steroid dienone is 11. The molecule has 10 heteroatoms. The van der Waals surface area contributed by atoms with Crippen molar-refractivity contribution in [1.29, 1.82) is 0 Å². The molecule has 0 saturated carbocycles. The average Bonchev–Trinajstić information content (AvgIpc) is 3.32. The first-order valence-electron chi connectivity index (χ1n) is 28.7. The fourth-order valence-electron chi connectivity index (χ4n) is 7.92. The zero-order chi connectivity index (χ0) is 51.5. The number of phosphoric acid groups is 1. The molecular formula is C60H109N2O7P. The van der Waals surface area contributed by atoms with E-state index in [9.17, 15) is 19.0 Å². The normalized spacial score (nSPS) is 14.3. The Morgan fingerprint density at radius 1 is 0.514 bits per heavy atom. The Morgan fingerprint density at radius 3 is 1.40 bits per heavy atom. The van der Waals surface area contributed by atoms with E-state index in [1.165, 1.54) is 103 Å². The van der Waals surface area contributed by atoms with Gasteiger partial charge in [-0.2, -0.15) is 0 Å². The molecule has 0 aromatic carbocycles. The van der Waals surface area contributed by atoms with Crippen molar-refractivity contribution in [3.63, 3.8) is 0 Å². The fourth-order valence-corrected chi connectivity index (χ4v) is 8.64. The highest BCUT2D eigenvalue weighted by Gasteiger charge is 2.27. The number of phosphoric ester groups is 1. The second-order valence-electron chi connectivity index (χ2n) is 20.4. The molecule has 9 nitrogen and oxygen atoms in total. The summed E-state index contributed by atoms with van der Waals surface area (Å²) >= 11 is 0. The third-order valence-electron chi connectivity index (χ3n) is 12.4. The van der Waals surface area contributed by atoms with Gasteiger partial charge < -0.3 is 28.5 Å². The molecule has 0 radical (unpaired) electrons. The zero-order valence-corrected chi connectivity index (χ0v) is 47.1. The van der Waals surface area contributed by atoms with Crippen molar-refractivity contribution < 1.29 is 37.3 Å². The van der Waals surface area contributed by atoms with Crippen LogP contribution in [-0.2, 0) is 27.9 Å². The predicted molar refractivity (Wildman–Crippen MR) is 298 cm³/mol. The van der Waals surface area contributed by atoms with Crippen molar-refractivity contribution in [2.24, 2.45) is 0 Å². The minimum atomic E-state index is -4.70. The summed E-state index contributed by atoms with van der Waals surface area (Å²) in [5, 5.41) is 3.01. The van der Waals surface area contributed by atoms with E-state index in [2.05, 4.69) is 86.8 Å². The number of esters is 1. The third kappa shape index (κ3) is 50.4. The van der Waals surface area contributed by atoms with Crippen LogP contribution in [-0.4, -0.2) is 69.4 Å². The van der Waals surface area contributed by atoms with Gasteiger partial charge in [0.25, 0.3) is 7.82 Å². The van der Waals surface area contributed by atoms with Crippen LogP contribution in [0.25, 0.3) is 0 Å². The number of nitrogens with zero attached hydrogens (tertiary/aromatic N) is 1. The maximum absolute atomic E-state index is 13.5. The Bertz CT molecular complexity index is 1430. The van der Waals surface area contributed by atoms with Gasteiger partial charge in [0.1, 0.15) is 19.3 Å². The average molecular weight is 1000 g/mol. The van der Waals surface area contributed by atoms with Crippen molar-refractivity contribution in [1.82, 2.24) is 5.32 Å². The summed E-state index contributed by atoms with van der Waals surface area (Å²) in [5.74, 6) is -0.577. The van der Waals surface area contributed by atoms with Crippen LogP contribution >= 0.6 is 7.82 Å². The third-order valence-corrected chi connectivity index (χ3v) is 13.3. The van der Waals surface area contributed by atoms with Gasteiger partial charge in [-0.1, -0.05) is 210 Å². The van der Waals surface area contributed by atoms with E-state index in [0.717, 1.165) is 103 Å². The molecule has 1 N–H and O–H groups in total. The molecule has 0 fully saturated rings. The second-order valence-corrected chi connectivity index (χ2v) is 21.8. The van der Waals surface area contributed by atoms with Crippen LogP contribution in [0, 0.1) is 0 Å². The summed E-state index contributed by atoms with van der Waals surface area (Å²) in [7, 11) is 1.16. The molecule has 0 aromatic heterocycles. The summed E-state index contributed by atoms with van der Waals surface area (Å²) in [6, 6.07) is -0.903. The summed E-state index contributed by atoms with van der Waals surface area (Å²) < 4.78 is 30.2. The smallest absolute Gasteiger partial charge is 0.306 e. The van der Waals surface area contributed by atoms with Gasteiger partial charge in [0.2, 0.25) is 5.91 Å². The first-order valence-corrected chi connectivity index (χ1v) is 30.2. The molecule has 0 aliphatic carbocycles. The van der Waals surface area contributed by atoms with Crippen molar-refractivity contribution in [3.05, 3.63) is 72.9 Å². The number of rotatable bonds is 51. The zero-order valence-electron chi connectivity index (χ0n) is 46.2. The largest absolute Gasteiger partial charge is 0.756 e. The number of unbranched alkanes of at least 4 members (excludes halogenated alkanes) is 25. The number of hydrogen-bond acceptors (Lipinski definition) is 7. The number of hydrogen-bond donors (Lipinski definition) is 1. The number of likely N-dealkylation sites (N-methyl/N-ethyl adjacent to an activating group) is 1. The summed E-state index contributed by atoms with van der Waals surface area (Å²) in [6.07, 6.45) is 62.9. The van der Waals surface area contributed by atoms with Crippen LogP contribution in [0.15, 0.2) is 72.9 Å². The summed E-state index contributed by atoms with van der Waals surface area (Å²) in [4.78, 5) is 39.8. The number of carbonyl (C=O) groups is 2. The van der Waals surface area contributed by atoms with Gasteiger partial charge in [-0.15, -0.1) is 0 Å². The molecule has 0 aliphatic rings. The molecular weight excluding hydrogens is 892 g/mol. The van der Waals surface area contributed by atoms with Crippen LogP contribution in [0.5, 0.6) is 0 Å². The lowest BCUT2D eigenvalue weighted by molar-refractivity contribution is -0.870. The molecule has 406 valence electrons.